The molecule has 0 saturated heterocycles. The molecule has 0 saturated carbocycles. The summed E-state index contributed by atoms with van der Waals surface area (Å²) in [5.74, 6) is -2.32. The van der Waals surface area contributed by atoms with E-state index in [1.165, 1.54) is 0 Å². The van der Waals surface area contributed by atoms with E-state index in [2.05, 4.69) is 30.8 Å². The predicted molar refractivity (Wildman–Crippen MR) is 71.3 cm³/mol. The lowest BCUT2D eigenvalue weighted by atomic mass is 10.2. The molecule has 1 aromatic carbocycles. The Morgan fingerprint density at radius 2 is 2.05 bits per heavy atom. The Bertz CT molecular complexity index is 609. The number of aryl methyl sites for hydroxylation is 1. The summed E-state index contributed by atoms with van der Waals surface area (Å²) in [6, 6.07) is 2.15. The molecule has 0 fully saturated rings. The molecule has 2 rings (SSSR count). The zero-order chi connectivity index (χ0) is 14.0. The van der Waals surface area contributed by atoms with Crippen molar-refractivity contribution in [2.45, 2.75) is 13.3 Å². The van der Waals surface area contributed by atoms with Crippen molar-refractivity contribution in [2.75, 3.05) is 5.32 Å². The van der Waals surface area contributed by atoms with Gasteiger partial charge in [0.15, 0.2) is 11.6 Å². The van der Waals surface area contributed by atoms with Gasteiger partial charge in [0.1, 0.15) is 10.6 Å². The van der Waals surface area contributed by atoms with Crippen LogP contribution < -0.4 is 5.32 Å². The maximum Gasteiger partial charge on any atom is 0.269 e. The average molecular weight is 348 g/mol. The Morgan fingerprint density at radius 1 is 1.42 bits per heavy atom. The highest BCUT2D eigenvalue weighted by atomic mass is 79.9. The van der Waals surface area contributed by atoms with Crippen molar-refractivity contribution >= 4 is 39.1 Å². The number of aromatic nitrogens is 2. The summed E-state index contributed by atoms with van der Waals surface area (Å²) in [5.41, 5.74) is 0.0177. The van der Waals surface area contributed by atoms with E-state index in [0.717, 1.165) is 23.7 Å². The van der Waals surface area contributed by atoms with E-state index in [1.807, 2.05) is 6.92 Å². The van der Waals surface area contributed by atoms with Crippen LogP contribution in [0, 0.1) is 11.6 Å². The summed E-state index contributed by atoms with van der Waals surface area (Å²) < 4.78 is 31.1. The van der Waals surface area contributed by atoms with Gasteiger partial charge in [-0.05, 0) is 30.1 Å². The van der Waals surface area contributed by atoms with E-state index in [9.17, 15) is 13.6 Å². The van der Waals surface area contributed by atoms with Crippen molar-refractivity contribution in [3.63, 3.8) is 0 Å². The van der Waals surface area contributed by atoms with Crippen molar-refractivity contribution in [2.24, 2.45) is 0 Å². The van der Waals surface area contributed by atoms with E-state index in [1.54, 1.807) is 0 Å². The molecule has 0 aliphatic heterocycles. The first kappa shape index (κ1) is 14.0. The fourth-order valence-electron chi connectivity index (χ4n) is 1.44. The lowest BCUT2D eigenvalue weighted by Gasteiger charge is -2.07. The Hall–Kier alpha value is -1.41. The van der Waals surface area contributed by atoms with E-state index < -0.39 is 23.2 Å². The van der Waals surface area contributed by atoms with Gasteiger partial charge in [-0.1, -0.05) is 27.3 Å². The van der Waals surface area contributed by atoms with Crippen LogP contribution in [0.3, 0.4) is 0 Å². The van der Waals surface area contributed by atoms with Crippen LogP contribution in [0.1, 0.15) is 22.3 Å². The third-order valence-electron chi connectivity index (χ3n) is 2.34. The van der Waals surface area contributed by atoms with E-state index in [-0.39, 0.29) is 9.35 Å². The Kier molecular flexibility index (Phi) is 4.20. The van der Waals surface area contributed by atoms with Gasteiger partial charge in [0.25, 0.3) is 5.91 Å². The first-order chi connectivity index (χ1) is 9.02. The molecule has 1 N–H and O–H groups in total. The minimum atomic E-state index is -0.851. The molecule has 100 valence electrons. The van der Waals surface area contributed by atoms with Crippen molar-refractivity contribution < 1.29 is 13.6 Å². The van der Waals surface area contributed by atoms with Gasteiger partial charge < -0.3 is 5.32 Å². The maximum absolute atomic E-state index is 13.6. The van der Waals surface area contributed by atoms with Gasteiger partial charge >= 0.3 is 0 Å². The van der Waals surface area contributed by atoms with Crippen LogP contribution in [0.25, 0.3) is 0 Å². The fourth-order valence-corrected chi connectivity index (χ4v) is 2.49. The quantitative estimate of drug-likeness (QED) is 0.925. The molecule has 1 heterocycles. The number of carbonyl (C=O) groups excluding carboxylic acids is 1. The summed E-state index contributed by atoms with van der Waals surface area (Å²) in [7, 11) is 0. The molecule has 0 unspecified atom stereocenters. The van der Waals surface area contributed by atoms with E-state index in [4.69, 9.17) is 0 Å². The number of hydrogen-bond acceptors (Lipinski definition) is 4. The summed E-state index contributed by atoms with van der Waals surface area (Å²) >= 11 is 3.85. The normalized spacial score (nSPS) is 10.5. The number of carbonyl (C=O) groups is 1. The fraction of sp³-hybridized carbons (Fsp3) is 0.182. The largest absolute Gasteiger partial charge is 0.316 e. The summed E-state index contributed by atoms with van der Waals surface area (Å²) in [5, 5.41) is 5.97. The molecular formula is C11H8BrF2N3OS. The van der Waals surface area contributed by atoms with Crippen molar-refractivity contribution in [3.05, 3.63) is 38.8 Å². The molecule has 0 aliphatic rings. The van der Waals surface area contributed by atoms with Crippen LogP contribution in [-0.4, -0.2) is 15.5 Å². The lowest BCUT2D eigenvalue weighted by molar-refractivity contribution is 0.102. The molecule has 4 nitrogen and oxygen atoms in total. The molecule has 0 radical (unpaired) electrons. The van der Waals surface area contributed by atoms with Gasteiger partial charge in [0.2, 0.25) is 0 Å². The predicted octanol–water partition coefficient (Wildman–Crippen LogP) is 3.39. The molecule has 1 amide bonds. The highest BCUT2D eigenvalue weighted by Crippen LogP contribution is 2.25. The van der Waals surface area contributed by atoms with Gasteiger partial charge in [-0.15, -0.1) is 5.10 Å². The van der Waals surface area contributed by atoms with Crippen LogP contribution in [0.2, 0.25) is 0 Å². The standard InChI is InChI=1S/C11H8BrF2N3OS/c1-2-8-10(19-17-16-8)11(18)15-9-6(13)3-5(12)4-7(9)14/h3-4H,2H2,1H3,(H,15,18). The van der Waals surface area contributed by atoms with Crippen molar-refractivity contribution in [1.82, 2.24) is 9.59 Å². The molecule has 0 atom stereocenters. The van der Waals surface area contributed by atoms with Crippen LogP contribution in [0.15, 0.2) is 16.6 Å². The van der Waals surface area contributed by atoms with Crippen LogP contribution >= 0.6 is 27.5 Å². The number of amides is 1. The molecule has 19 heavy (non-hydrogen) atoms. The monoisotopic (exact) mass is 347 g/mol. The molecule has 2 aromatic rings. The van der Waals surface area contributed by atoms with Gasteiger partial charge in [-0.2, -0.15) is 0 Å². The van der Waals surface area contributed by atoms with Crippen molar-refractivity contribution in [3.8, 4) is 0 Å². The minimum Gasteiger partial charge on any atom is -0.316 e. The molecule has 8 heteroatoms. The second-order valence-electron chi connectivity index (χ2n) is 3.60. The topological polar surface area (TPSA) is 54.9 Å². The van der Waals surface area contributed by atoms with Crippen molar-refractivity contribution in [1.29, 1.82) is 0 Å². The molecule has 0 spiro atoms. The van der Waals surface area contributed by atoms with Crippen LogP contribution in [0.4, 0.5) is 14.5 Å². The van der Waals surface area contributed by atoms with Gasteiger partial charge in [-0.3, -0.25) is 4.79 Å². The molecule has 1 aromatic heterocycles. The third-order valence-corrected chi connectivity index (χ3v) is 3.57. The smallest absolute Gasteiger partial charge is 0.269 e. The van der Waals surface area contributed by atoms with E-state index in [0.29, 0.717) is 12.1 Å². The zero-order valence-corrected chi connectivity index (χ0v) is 12.1. The van der Waals surface area contributed by atoms with Gasteiger partial charge in [0, 0.05) is 4.47 Å². The van der Waals surface area contributed by atoms with Crippen LogP contribution in [-0.2, 0) is 6.42 Å². The molecule has 0 aliphatic carbocycles. The SMILES string of the molecule is CCc1nnsc1C(=O)Nc1c(F)cc(Br)cc1F. The molecule has 0 bridgehead atoms. The second-order valence-corrected chi connectivity index (χ2v) is 5.27. The highest BCUT2D eigenvalue weighted by molar-refractivity contribution is 9.10. The average Bonchev–Trinajstić information content (AvgIpc) is 2.81. The number of nitrogens with one attached hydrogen (secondary N) is 1. The maximum atomic E-state index is 13.6. The number of nitrogens with zero attached hydrogens (tertiary/aromatic N) is 2. The number of hydrogen-bond donors (Lipinski definition) is 1. The first-order valence-electron chi connectivity index (χ1n) is 5.30. The number of benzene rings is 1. The lowest BCUT2D eigenvalue weighted by Crippen LogP contribution is -2.14. The summed E-state index contributed by atoms with van der Waals surface area (Å²) in [6.07, 6.45) is 0.518. The highest BCUT2D eigenvalue weighted by Gasteiger charge is 2.19. The Labute approximate surface area is 120 Å². The Balaban J connectivity index is 2.29. The summed E-state index contributed by atoms with van der Waals surface area (Å²) in [4.78, 5) is 12.2. The zero-order valence-electron chi connectivity index (χ0n) is 9.71. The van der Waals surface area contributed by atoms with Crippen LogP contribution in [0.5, 0.6) is 0 Å². The third kappa shape index (κ3) is 2.95. The Morgan fingerprint density at radius 3 is 2.63 bits per heavy atom. The minimum absolute atomic E-state index is 0.254. The molecular weight excluding hydrogens is 340 g/mol. The second kappa shape index (κ2) is 5.70. The van der Waals surface area contributed by atoms with E-state index >= 15 is 0 Å². The summed E-state index contributed by atoms with van der Waals surface area (Å²) in [6.45, 7) is 1.81. The first-order valence-corrected chi connectivity index (χ1v) is 6.86. The number of rotatable bonds is 3. The van der Waals surface area contributed by atoms with Gasteiger partial charge in [-0.25, -0.2) is 8.78 Å². The van der Waals surface area contributed by atoms with Gasteiger partial charge in [0.05, 0.1) is 5.69 Å². The number of halogens is 3. The number of anilines is 1.